The Hall–Kier alpha value is -2.64. The van der Waals surface area contributed by atoms with E-state index in [1.54, 1.807) is 32.2 Å². The first-order valence-corrected chi connectivity index (χ1v) is 7.95. The lowest BCUT2D eigenvalue weighted by atomic mass is 10.1. The molecule has 0 atom stereocenters. The molecule has 0 bridgehead atoms. The summed E-state index contributed by atoms with van der Waals surface area (Å²) in [7, 11) is 0. The van der Waals surface area contributed by atoms with E-state index in [4.69, 9.17) is 22.4 Å². The van der Waals surface area contributed by atoms with E-state index in [9.17, 15) is 9.50 Å². The first-order valence-electron chi connectivity index (χ1n) is 7.54. The minimum atomic E-state index is -0.339. The summed E-state index contributed by atoms with van der Waals surface area (Å²) in [5, 5.41) is 10.2. The zero-order valence-corrected chi connectivity index (χ0v) is 14.5. The lowest BCUT2D eigenvalue weighted by Crippen LogP contribution is -2.21. The van der Waals surface area contributed by atoms with Crippen LogP contribution in [0.15, 0.2) is 39.9 Å². The molecule has 2 heterocycles. The fraction of sp³-hybridized carbons (Fsp3) is 0.167. The van der Waals surface area contributed by atoms with Crippen LogP contribution in [0.3, 0.4) is 0 Å². The second-order valence-corrected chi connectivity index (χ2v) is 6.08. The van der Waals surface area contributed by atoms with E-state index in [1.807, 2.05) is 0 Å². The maximum absolute atomic E-state index is 13.3. The summed E-state index contributed by atoms with van der Waals surface area (Å²) in [6.45, 7) is 3.35. The predicted molar refractivity (Wildman–Crippen MR) is 96.9 cm³/mol. The Balaban J connectivity index is 2.37. The van der Waals surface area contributed by atoms with Crippen LogP contribution in [0, 0.1) is 19.7 Å². The van der Waals surface area contributed by atoms with Crippen molar-refractivity contribution in [3.63, 3.8) is 0 Å². The van der Waals surface area contributed by atoms with E-state index in [-0.39, 0.29) is 23.0 Å². The minimum Gasteiger partial charge on any atom is -0.436 e. The van der Waals surface area contributed by atoms with E-state index < -0.39 is 0 Å². The number of hydrogen-bond donors (Lipinski definition) is 2. The van der Waals surface area contributed by atoms with E-state index in [0.717, 1.165) is 0 Å². The highest BCUT2D eigenvalue weighted by molar-refractivity contribution is 7.80. The van der Waals surface area contributed by atoms with Crippen molar-refractivity contribution in [1.29, 1.82) is 0 Å². The smallest absolute Gasteiger partial charge is 0.230 e. The number of aliphatic hydroxyl groups is 1. The molecule has 3 N–H and O–H groups in total. The monoisotopic (exact) mass is 357 g/mol. The number of thiocarbonyl (C=S) groups is 1. The molecule has 0 radical (unpaired) electrons. The van der Waals surface area contributed by atoms with Gasteiger partial charge in [0.15, 0.2) is 5.58 Å². The molecule has 0 aliphatic carbocycles. The second-order valence-electron chi connectivity index (χ2n) is 5.64. The highest BCUT2D eigenvalue weighted by Gasteiger charge is 2.12. The zero-order valence-electron chi connectivity index (χ0n) is 13.7. The Kier molecular flexibility index (Phi) is 4.61. The van der Waals surface area contributed by atoms with Crippen LogP contribution < -0.4 is 11.3 Å². The molecule has 0 aliphatic rings. The number of nitrogens with two attached hydrogens (primary N) is 1. The van der Waals surface area contributed by atoms with Gasteiger partial charge in [-0.15, -0.1) is 0 Å². The molecule has 7 heteroatoms. The van der Waals surface area contributed by atoms with Gasteiger partial charge in [0.05, 0.1) is 23.6 Å². The number of hydrogen-bond acceptors (Lipinski definition) is 5. The Morgan fingerprint density at radius 2 is 2.12 bits per heavy atom. The molecule has 3 aromatic rings. The lowest BCUT2D eigenvalue weighted by Gasteiger charge is -2.08. The maximum atomic E-state index is 13.3. The number of halogens is 1. The van der Waals surface area contributed by atoms with Crippen LogP contribution in [-0.4, -0.2) is 15.1 Å². The molecule has 0 unspecified atom stereocenters. The number of fused-ring (bicyclic) bond motifs is 1. The largest absolute Gasteiger partial charge is 0.436 e. The van der Waals surface area contributed by atoms with Gasteiger partial charge in [0.25, 0.3) is 0 Å². The number of nitrogens with zero attached hydrogens (tertiary/aromatic N) is 2. The molecule has 3 rings (SSSR count). The van der Waals surface area contributed by atoms with Crippen molar-refractivity contribution in [3.8, 4) is 0 Å². The first-order chi connectivity index (χ1) is 11.9. The Labute approximate surface area is 148 Å². The van der Waals surface area contributed by atoms with Crippen molar-refractivity contribution in [2.45, 2.75) is 20.5 Å². The molecule has 2 aromatic heterocycles. The summed E-state index contributed by atoms with van der Waals surface area (Å²) in [6, 6.07) is 6.00. The second kappa shape index (κ2) is 6.70. The van der Waals surface area contributed by atoms with Crippen LogP contribution in [-0.2, 0) is 6.61 Å². The van der Waals surface area contributed by atoms with Crippen molar-refractivity contribution in [1.82, 2.24) is 4.98 Å². The molecule has 0 aliphatic heterocycles. The van der Waals surface area contributed by atoms with E-state index in [1.165, 1.54) is 12.1 Å². The summed E-state index contributed by atoms with van der Waals surface area (Å²) in [5.74, 6) is -0.339. The summed E-state index contributed by atoms with van der Waals surface area (Å²) < 4.78 is 19.2. The van der Waals surface area contributed by atoms with Gasteiger partial charge in [0.1, 0.15) is 10.8 Å². The molecule has 128 valence electrons. The molecular formula is C18H16FN3O2S. The van der Waals surface area contributed by atoms with E-state index >= 15 is 0 Å². The third-order valence-electron chi connectivity index (χ3n) is 3.87. The van der Waals surface area contributed by atoms with Crippen LogP contribution in [0.5, 0.6) is 0 Å². The topological polar surface area (TPSA) is 84.6 Å². The SMILES string of the molecule is Cc1cc(F)ccc1N=c1oc2c(C)ncc(CO)c2cc1C(N)=S. The number of aliphatic hydroxyl groups excluding tert-OH is 1. The van der Waals surface area contributed by atoms with Gasteiger partial charge in [0, 0.05) is 17.1 Å². The normalized spacial score (nSPS) is 11.9. The highest BCUT2D eigenvalue weighted by Crippen LogP contribution is 2.22. The fourth-order valence-electron chi connectivity index (χ4n) is 2.53. The van der Waals surface area contributed by atoms with Gasteiger partial charge < -0.3 is 15.3 Å². The quantitative estimate of drug-likeness (QED) is 0.704. The van der Waals surface area contributed by atoms with Crippen LogP contribution in [0.2, 0.25) is 0 Å². The van der Waals surface area contributed by atoms with Crippen LogP contribution >= 0.6 is 12.2 Å². The van der Waals surface area contributed by atoms with Gasteiger partial charge in [-0.1, -0.05) is 12.2 Å². The minimum absolute atomic E-state index is 0.113. The molecule has 1 aromatic carbocycles. The molecule has 0 saturated carbocycles. The Morgan fingerprint density at radius 1 is 1.36 bits per heavy atom. The number of aryl methyl sites for hydroxylation is 2. The van der Waals surface area contributed by atoms with Gasteiger partial charge in [-0.25, -0.2) is 9.38 Å². The Morgan fingerprint density at radius 3 is 2.76 bits per heavy atom. The number of benzene rings is 1. The highest BCUT2D eigenvalue weighted by atomic mass is 32.1. The molecule has 0 spiro atoms. The van der Waals surface area contributed by atoms with Crippen LogP contribution in [0.4, 0.5) is 10.1 Å². The number of rotatable bonds is 3. The molecular weight excluding hydrogens is 341 g/mol. The van der Waals surface area contributed by atoms with Crippen molar-refractivity contribution in [2.75, 3.05) is 0 Å². The van der Waals surface area contributed by atoms with Crippen LogP contribution in [0.25, 0.3) is 11.0 Å². The standard InChI is InChI=1S/C18H16FN3O2S/c1-9-5-12(19)3-4-15(9)22-18-14(17(20)25)6-13-11(8-23)7-21-10(2)16(13)24-18/h3-7,23H,8H2,1-2H3,(H2,20,25). The van der Waals surface area contributed by atoms with Gasteiger partial charge in [-0.3, -0.25) is 4.98 Å². The van der Waals surface area contributed by atoms with Crippen molar-refractivity contribution in [3.05, 3.63) is 64.2 Å². The van der Waals surface area contributed by atoms with E-state index in [2.05, 4.69) is 9.98 Å². The third kappa shape index (κ3) is 3.29. The Bertz CT molecular complexity index is 1060. The van der Waals surface area contributed by atoms with Gasteiger partial charge in [-0.2, -0.15) is 0 Å². The molecule has 0 fully saturated rings. The maximum Gasteiger partial charge on any atom is 0.230 e. The summed E-state index contributed by atoms with van der Waals surface area (Å²) >= 11 is 5.11. The van der Waals surface area contributed by atoms with Gasteiger partial charge >= 0.3 is 0 Å². The summed E-state index contributed by atoms with van der Waals surface area (Å²) in [5.41, 5.74) is 9.42. The third-order valence-corrected chi connectivity index (χ3v) is 4.09. The summed E-state index contributed by atoms with van der Waals surface area (Å²) in [4.78, 5) is 8.79. The number of pyridine rings is 1. The lowest BCUT2D eigenvalue weighted by molar-refractivity contribution is 0.282. The number of aromatic nitrogens is 1. The summed E-state index contributed by atoms with van der Waals surface area (Å²) in [6.07, 6.45) is 1.58. The molecule has 0 saturated heterocycles. The average Bonchev–Trinajstić information content (AvgIpc) is 2.57. The van der Waals surface area contributed by atoms with Crippen molar-refractivity contribution in [2.24, 2.45) is 10.7 Å². The van der Waals surface area contributed by atoms with Crippen LogP contribution in [0.1, 0.15) is 22.4 Å². The van der Waals surface area contributed by atoms with Crippen molar-refractivity contribution >= 4 is 33.9 Å². The fourth-order valence-corrected chi connectivity index (χ4v) is 2.67. The molecule has 0 amide bonds. The van der Waals surface area contributed by atoms with Gasteiger partial charge in [0.2, 0.25) is 5.55 Å². The molecule has 25 heavy (non-hydrogen) atoms. The first kappa shape index (κ1) is 17.2. The average molecular weight is 357 g/mol. The van der Waals surface area contributed by atoms with E-state index in [0.29, 0.717) is 39.0 Å². The predicted octanol–water partition coefficient (Wildman–Crippen LogP) is 2.94. The van der Waals surface area contributed by atoms with Gasteiger partial charge in [-0.05, 0) is 43.7 Å². The zero-order chi connectivity index (χ0) is 18.1. The molecule has 5 nitrogen and oxygen atoms in total. The van der Waals surface area contributed by atoms with Crippen molar-refractivity contribution < 1.29 is 13.9 Å².